The van der Waals surface area contributed by atoms with Crippen molar-refractivity contribution in [3.05, 3.63) is 77.0 Å². The average Bonchev–Trinajstić information content (AvgIpc) is 3.42. The van der Waals surface area contributed by atoms with Crippen LogP contribution in [0.4, 0.5) is 18.9 Å². The van der Waals surface area contributed by atoms with Crippen LogP contribution in [0.5, 0.6) is 0 Å². The standard InChI is InChI=1S/C33H39F3N2O4S/c1-4-41-30(39)18-19-38(2)32(40)24-12-16-26(17-13-24)37-31(23-8-6-5-7-9-23)27-20-28(42-29(27)21-43-3)22-10-14-25(15-11-22)33(34,35)36/h10-17,20,23,31,37H,4-9,18-19,21H2,1-3H3. The third kappa shape index (κ3) is 8.59. The number of amides is 1. The van der Waals surface area contributed by atoms with E-state index in [0.717, 1.165) is 54.8 Å². The summed E-state index contributed by atoms with van der Waals surface area (Å²) in [5.74, 6) is 1.81. The maximum atomic E-state index is 13.1. The van der Waals surface area contributed by atoms with Crippen LogP contribution >= 0.6 is 11.8 Å². The summed E-state index contributed by atoms with van der Waals surface area (Å²) in [6.45, 7) is 2.32. The molecule has 0 bridgehead atoms. The first-order valence-corrected chi connectivity index (χ1v) is 16.1. The predicted molar refractivity (Wildman–Crippen MR) is 164 cm³/mol. The molecule has 1 aliphatic rings. The SMILES string of the molecule is CCOC(=O)CCN(C)C(=O)c1ccc(NC(c2cc(-c3ccc(C(F)(F)F)cc3)oc2CSC)C2CCCCC2)cc1. The summed E-state index contributed by atoms with van der Waals surface area (Å²) in [6, 6.07) is 14.3. The molecule has 1 saturated carbocycles. The van der Waals surface area contributed by atoms with E-state index in [2.05, 4.69) is 5.32 Å². The Balaban J connectivity index is 1.57. The van der Waals surface area contributed by atoms with Crippen molar-refractivity contribution in [2.24, 2.45) is 5.92 Å². The number of ether oxygens (including phenoxy) is 1. The highest BCUT2D eigenvalue weighted by Gasteiger charge is 2.31. The number of hydrogen-bond donors (Lipinski definition) is 1. The van der Waals surface area contributed by atoms with Crippen molar-refractivity contribution in [2.75, 3.05) is 31.8 Å². The molecule has 4 rings (SSSR count). The molecule has 0 saturated heterocycles. The van der Waals surface area contributed by atoms with Gasteiger partial charge in [0.2, 0.25) is 0 Å². The van der Waals surface area contributed by atoms with Crippen LogP contribution < -0.4 is 5.32 Å². The van der Waals surface area contributed by atoms with Crippen LogP contribution in [-0.4, -0.2) is 43.2 Å². The summed E-state index contributed by atoms with van der Waals surface area (Å²) in [7, 11) is 1.66. The first-order valence-electron chi connectivity index (χ1n) is 14.7. The molecule has 1 fully saturated rings. The second kappa shape index (κ2) is 14.9. The number of carbonyl (C=O) groups excluding carboxylic acids is 2. The Morgan fingerprint density at radius 3 is 2.35 bits per heavy atom. The molecule has 10 heteroatoms. The van der Waals surface area contributed by atoms with Gasteiger partial charge in [0, 0.05) is 36.0 Å². The molecule has 1 atom stereocenters. The summed E-state index contributed by atoms with van der Waals surface area (Å²) in [5.41, 5.74) is 2.28. The van der Waals surface area contributed by atoms with Crippen molar-refractivity contribution in [3.63, 3.8) is 0 Å². The van der Waals surface area contributed by atoms with Gasteiger partial charge in [-0.15, -0.1) is 0 Å². The lowest BCUT2D eigenvalue weighted by Gasteiger charge is -2.32. The molecule has 1 aromatic heterocycles. The Morgan fingerprint density at radius 2 is 1.74 bits per heavy atom. The van der Waals surface area contributed by atoms with Gasteiger partial charge in [-0.1, -0.05) is 31.4 Å². The Labute approximate surface area is 255 Å². The smallest absolute Gasteiger partial charge is 0.416 e. The number of nitrogens with zero attached hydrogens (tertiary/aromatic N) is 1. The van der Waals surface area contributed by atoms with Gasteiger partial charge in [-0.2, -0.15) is 24.9 Å². The van der Waals surface area contributed by atoms with Gasteiger partial charge in [0.1, 0.15) is 11.5 Å². The Kier molecular flexibility index (Phi) is 11.2. The molecule has 6 nitrogen and oxygen atoms in total. The number of esters is 1. The second-order valence-corrected chi connectivity index (χ2v) is 11.7. The fourth-order valence-electron chi connectivity index (χ4n) is 5.54. The van der Waals surface area contributed by atoms with E-state index in [0.29, 0.717) is 35.2 Å². The van der Waals surface area contributed by atoms with E-state index in [1.165, 1.54) is 23.5 Å². The number of hydrogen-bond acceptors (Lipinski definition) is 6. The molecule has 1 N–H and O–H groups in total. The molecule has 1 aliphatic carbocycles. The third-order valence-corrected chi connectivity index (χ3v) is 8.38. The normalized spacial score (nSPS) is 14.7. The van der Waals surface area contributed by atoms with Gasteiger partial charge < -0.3 is 19.4 Å². The molecule has 1 unspecified atom stereocenters. The Morgan fingerprint density at radius 1 is 1.07 bits per heavy atom. The number of alkyl halides is 3. The molecule has 1 heterocycles. The van der Waals surface area contributed by atoms with Gasteiger partial charge in [0.15, 0.2) is 0 Å². The summed E-state index contributed by atoms with van der Waals surface area (Å²) >= 11 is 1.63. The second-order valence-electron chi connectivity index (χ2n) is 10.9. The van der Waals surface area contributed by atoms with Crippen molar-refractivity contribution >= 4 is 29.3 Å². The van der Waals surface area contributed by atoms with Crippen LogP contribution in [0.15, 0.2) is 59.0 Å². The predicted octanol–water partition coefficient (Wildman–Crippen LogP) is 8.59. The average molecular weight is 617 g/mol. The zero-order chi connectivity index (χ0) is 31.0. The minimum atomic E-state index is -4.40. The van der Waals surface area contributed by atoms with Crippen LogP contribution in [0.1, 0.15) is 78.7 Å². The van der Waals surface area contributed by atoms with E-state index in [-0.39, 0.29) is 30.9 Å². The van der Waals surface area contributed by atoms with Gasteiger partial charge >= 0.3 is 12.1 Å². The number of carbonyl (C=O) groups is 2. The van der Waals surface area contributed by atoms with Gasteiger partial charge in [-0.05, 0) is 74.4 Å². The number of anilines is 1. The van der Waals surface area contributed by atoms with E-state index >= 15 is 0 Å². The molecule has 2 aromatic carbocycles. The minimum Gasteiger partial charge on any atom is -0.466 e. The number of halogens is 3. The lowest BCUT2D eigenvalue weighted by atomic mass is 9.81. The van der Waals surface area contributed by atoms with Gasteiger partial charge in [0.05, 0.1) is 30.4 Å². The third-order valence-electron chi connectivity index (χ3n) is 7.83. The first-order chi connectivity index (χ1) is 20.6. The lowest BCUT2D eigenvalue weighted by Crippen LogP contribution is -2.29. The summed E-state index contributed by atoms with van der Waals surface area (Å²) in [6.07, 6.45) is 3.31. The number of thioether (sulfide) groups is 1. The lowest BCUT2D eigenvalue weighted by molar-refractivity contribution is -0.143. The molecule has 232 valence electrons. The van der Waals surface area contributed by atoms with Crippen molar-refractivity contribution in [1.29, 1.82) is 0 Å². The van der Waals surface area contributed by atoms with Crippen LogP contribution in [-0.2, 0) is 21.5 Å². The van der Waals surface area contributed by atoms with Crippen LogP contribution in [0.25, 0.3) is 11.3 Å². The molecule has 43 heavy (non-hydrogen) atoms. The molecule has 0 spiro atoms. The van der Waals surface area contributed by atoms with Gasteiger partial charge in [0.25, 0.3) is 5.91 Å². The molecular formula is C33H39F3N2O4S. The van der Waals surface area contributed by atoms with Crippen molar-refractivity contribution in [2.45, 2.75) is 63.4 Å². The highest BCUT2D eigenvalue weighted by atomic mass is 32.2. The zero-order valence-electron chi connectivity index (χ0n) is 24.8. The van der Waals surface area contributed by atoms with E-state index < -0.39 is 11.7 Å². The zero-order valence-corrected chi connectivity index (χ0v) is 25.7. The largest absolute Gasteiger partial charge is 0.466 e. The van der Waals surface area contributed by atoms with Crippen LogP contribution in [0.3, 0.4) is 0 Å². The maximum Gasteiger partial charge on any atom is 0.416 e. The fraction of sp³-hybridized carbons (Fsp3) is 0.455. The van der Waals surface area contributed by atoms with E-state index in [1.807, 2.05) is 24.5 Å². The molecule has 0 radical (unpaired) electrons. The highest BCUT2D eigenvalue weighted by Crippen LogP contribution is 2.42. The summed E-state index contributed by atoms with van der Waals surface area (Å²) in [5, 5.41) is 3.70. The Bertz CT molecular complexity index is 1350. The summed E-state index contributed by atoms with van der Waals surface area (Å²) in [4.78, 5) is 26.1. The quantitative estimate of drug-likeness (QED) is 0.206. The maximum absolute atomic E-state index is 13.1. The van der Waals surface area contributed by atoms with Crippen LogP contribution in [0.2, 0.25) is 0 Å². The number of nitrogens with one attached hydrogen (secondary N) is 1. The number of rotatable bonds is 12. The molecule has 3 aromatic rings. The van der Waals surface area contributed by atoms with E-state index in [9.17, 15) is 22.8 Å². The van der Waals surface area contributed by atoms with Gasteiger partial charge in [-0.3, -0.25) is 9.59 Å². The number of benzene rings is 2. The van der Waals surface area contributed by atoms with Crippen molar-refractivity contribution in [1.82, 2.24) is 4.90 Å². The van der Waals surface area contributed by atoms with Crippen LogP contribution in [0, 0.1) is 5.92 Å². The Hall–Kier alpha value is -3.40. The highest BCUT2D eigenvalue weighted by molar-refractivity contribution is 7.97. The molecule has 0 aliphatic heterocycles. The molecular weight excluding hydrogens is 577 g/mol. The summed E-state index contributed by atoms with van der Waals surface area (Å²) < 4.78 is 50.6. The van der Waals surface area contributed by atoms with Gasteiger partial charge in [-0.25, -0.2) is 0 Å². The fourth-order valence-corrected chi connectivity index (χ4v) is 6.02. The minimum absolute atomic E-state index is 0.0665. The van der Waals surface area contributed by atoms with Crippen molar-refractivity contribution < 1.29 is 31.9 Å². The first kappa shape index (κ1) is 32.5. The topological polar surface area (TPSA) is 71.8 Å². The van der Waals surface area contributed by atoms with Crippen molar-refractivity contribution in [3.8, 4) is 11.3 Å². The van der Waals surface area contributed by atoms with E-state index in [1.54, 1.807) is 37.9 Å². The molecule has 1 amide bonds. The monoisotopic (exact) mass is 616 g/mol. The van der Waals surface area contributed by atoms with E-state index in [4.69, 9.17) is 9.15 Å². The number of furan rings is 1.